The Kier molecular flexibility index (Phi) is 2.23. The maximum Gasteiger partial charge on any atom is 0.198 e. The molecule has 1 heterocycles. The second kappa shape index (κ2) is 3.64. The Labute approximate surface area is 101 Å². The molecule has 0 radical (unpaired) electrons. The average Bonchev–Trinajstić information content (AvgIpc) is 2.30. The zero-order chi connectivity index (χ0) is 12.0. The number of aryl methyl sites for hydroxylation is 1. The lowest BCUT2D eigenvalue weighted by Crippen LogP contribution is -2.03. The minimum absolute atomic E-state index is 0.204. The number of hydrogen-bond donors (Lipinski definition) is 0. The molecule has 17 heavy (non-hydrogen) atoms. The van der Waals surface area contributed by atoms with Gasteiger partial charge in [0.2, 0.25) is 0 Å². The van der Waals surface area contributed by atoms with Crippen LogP contribution in [0.25, 0.3) is 20.2 Å². The normalized spacial score (nSPS) is 11.2. The predicted octanol–water partition coefficient (Wildman–Crippen LogP) is 3.86. The van der Waals surface area contributed by atoms with E-state index in [2.05, 4.69) is 0 Å². The molecule has 3 aromatic rings. The maximum atomic E-state index is 13.7. The van der Waals surface area contributed by atoms with Crippen molar-refractivity contribution in [2.24, 2.45) is 0 Å². The molecule has 2 aromatic carbocycles. The van der Waals surface area contributed by atoms with E-state index in [0.717, 1.165) is 10.3 Å². The van der Waals surface area contributed by atoms with E-state index in [4.69, 9.17) is 0 Å². The van der Waals surface area contributed by atoms with Gasteiger partial charge in [0, 0.05) is 14.8 Å². The molecule has 0 spiro atoms. The summed E-state index contributed by atoms with van der Waals surface area (Å²) < 4.78 is 15.3. The van der Waals surface area contributed by atoms with Crippen LogP contribution in [0.1, 0.15) is 5.56 Å². The van der Waals surface area contributed by atoms with Gasteiger partial charge in [0.15, 0.2) is 5.43 Å². The van der Waals surface area contributed by atoms with Gasteiger partial charge >= 0.3 is 0 Å². The highest BCUT2D eigenvalue weighted by atomic mass is 32.1. The average molecular weight is 244 g/mol. The summed E-state index contributed by atoms with van der Waals surface area (Å²) in [7, 11) is 0. The van der Waals surface area contributed by atoms with E-state index >= 15 is 0 Å². The first-order valence-electron chi connectivity index (χ1n) is 5.28. The van der Waals surface area contributed by atoms with E-state index in [-0.39, 0.29) is 10.8 Å². The summed E-state index contributed by atoms with van der Waals surface area (Å²) in [5.74, 6) is -0.438. The van der Waals surface area contributed by atoms with E-state index in [1.165, 1.54) is 17.4 Å². The lowest BCUT2D eigenvalue weighted by atomic mass is 10.1. The fraction of sp³-hybridized carbons (Fsp3) is 0.0714. The van der Waals surface area contributed by atoms with Gasteiger partial charge in [0.05, 0.1) is 5.39 Å². The zero-order valence-corrected chi connectivity index (χ0v) is 9.98. The maximum absolute atomic E-state index is 13.7. The van der Waals surface area contributed by atoms with Crippen molar-refractivity contribution in [3.05, 3.63) is 58.0 Å². The molecule has 84 valence electrons. The van der Waals surface area contributed by atoms with E-state index in [1.807, 2.05) is 25.1 Å². The van der Waals surface area contributed by atoms with Crippen LogP contribution in [0.3, 0.4) is 0 Å². The van der Waals surface area contributed by atoms with Gasteiger partial charge in [-0.3, -0.25) is 4.79 Å². The molecule has 0 unspecified atom stereocenters. The van der Waals surface area contributed by atoms with Crippen molar-refractivity contribution in [1.29, 1.82) is 0 Å². The number of rotatable bonds is 0. The van der Waals surface area contributed by atoms with Crippen LogP contribution in [0.5, 0.6) is 0 Å². The molecular formula is C14H9FOS. The summed E-state index contributed by atoms with van der Waals surface area (Å²) in [6, 6.07) is 10.4. The number of benzene rings is 2. The molecule has 0 N–H and O–H groups in total. The van der Waals surface area contributed by atoms with Gasteiger partial charge in [0.25, 0.3) is 0 Å². The van der Waals surface area contributed by atoms with Crippen LogP contribution in [0.2, 0.25) is 0 Å². The van der Waals surface area contributed by atoms with Crippen molar-refractivity contribution in [3.8, 4) is 0 Å². The van der Waals surface area contributed by atoms with Crippen LogP contribution in [0.4, 0.5) is 4.39 Å². The first kappa shape index (κ1) is 10.4. The molecule has 0 aliphatic rings. The van der Waals surface area contributed by atoms with Crippen molar-refractivity contribution in [3.63, 3.8) is 0 Å². The van der Waals surface area contributed by atoms with Crippen molar-refractivity contribution in [1.82, 2.24) is 0 Å². The summed E-state index contributed by atoms with van der Waals surface area (Å²) in [6.45, 7) is 1.93. The first-order valence-corrected chi connectivity index (χ1v) is 6.10. The summed E-state index contributed by atoms with van der Waals surface area (Å²) in [6.07, 6.45) is 0. The van der Waals surface area contributed by atoms with Crippen LogP contribution in [-0.2, 0) is 0 Å². The molecule has 1 aromatic heterocycles. The van der Waals surface area contributed by atoms with Crippen molar-refractivity contribution in [2.45, 2.75) is 6.92 Å². The minimum Gasteiger partial charge on any atom is -0.288 e. The Bertz CT molecular complexity index is 789. The Morgan fingerprint density at radius 2 is 1.94 bits per heavy atom. The standard InChI is InChI=1S/C14H9FOS/c1-8-5-6-11-9(7-8)14(16)13-10(15)3-2-4-12(13)17-11/h2-7H,1H3. The Hall–Kier alpha value is -1.74. The zero-order valence-electron chi connectivity index (χ0n) is 9.16. The number of halogens is 1. The Balaban J connectivity index is 2.63. The molecule has 1 nitrogen and oxygen atoms in total. The SMILES string of the molecule is Cc1ccc2sc3cccc(F)c3c(=O)c2c1. The molecule has 0 bridgehead atoms. The third-order valence-electron chi connectivity index (χ3n) is 2.80. The van der Waals surface area contributed by atoms with Crippen molar-refractivity contribution >= 4 is 31.5 Å². The van der Waals surface area contributed by atoms with Crippen LogP contribution in [0.15, 0.2) is 41.2 Å². The lowest BCUT2D eigenvalue weighted by Gasteiger charge is -2.02. The first-order chi connectivity index (χ1) is 8.16. The third-order valence-corrected chi connectivity index (χ3v) is 3.94. The van der Waals surface area contributed by atoms with Crippen molar-refractivity contribution in [2.75, 3.05) is 0 Å². The molecule has 0 atom stereocenters. The molecule has 0 saturated heterocycles. The minimum atomic E-state index is -0.438. The van der Waals surface area contributed by atoms with Gasteiger partial charge in [0.1, 0.15) is 5.82 Å². The van der Waals surface area contributed by atoms with Gasteiger partial charge in [-0.15, -0.1) is 11.3 Å². The lowest BCUT2D eigenvalue weighted by molar-refractivity contribution is 0.639. The fourth-order valence-corrected chi connectivity index (χ4v) is 3.05. The molecule has 0 aliphatic carbocycles. The van der Waals surface area contributed by atoms with E-state index in [1.54, 1.807) is 12.1 Å². The quantitative estimate of drug-likeness (QED) is 0.549. The summed E-state index contributed by atoms with van der Waals surface area (Å²) in [5.41, 5.74) is 0.799. The van der Waals surface area contributed by atoms with Crippen LogP contribution in [-0.4, -0.2) is 0 Å². The molecule has 0 aliphatic heterocycles. The molecule has 0 fully saturated rings. The molecule has 3 rings (SSSR count). The van der Waals surface area contributed by atoms with Crippen LogP contribution >= 0.6 is 11.3 Å². The second-order valence-electron chi connectivity index (χ2n) is 4.04. The monoisotopic (exact) mass is 244 g/mol. The van der Waals surface area contributed by atoms with Gasteiger partial charge in [-0.1, -0.05) is 17.7 Å². The smallest absolute Gasteiger partial charge is 0.198 e. The summed E-state index contributed by atoms with van der Waals surface area (Å²) >= 11 is 1.45. The van der Waals surface area contributed by atoms with Crippen molar-refractivity contribution < 1.29 is 4.39 Å². The molecule has 0 amide bonds. The highest BCUT2D eigenvalue weighted by Gasteiger charge is 2.09. The Morgan fingerprint density at radius 3 is 2.76 bits per heavy atom. The number of hydrogen-bond acceptors (Lipinski definition) is 2. The topological polar surface area (TPSA) is 17.1 Å². The fourth-order valence-electron chi connectivity index (χ4n) is 1.97. The molecule has 3 heteroatoms. The second-order valence-corrected chi connectivity index (χ2v) is 5.13. The number of fused-ring (bicyclic) bond motifs is 2. The Morgan fingerprint density at radius 1 is 1.12 bits per heavy atom. The largest absolute Gasteiger partial charge is 0.288 e. The van der Waals surface area contributed by atoms with Gasteiger partial charge in [-0.05, 0) is 31.2 Å². The highest BCUT2D eigenvalue weighted by molar-refractivity contribution is 7.24. The van der Waals surface area contributed by atoms with E-state index in [9.17, 15) is 9.18 Å². The molecule has 0 saturated carbocycles. The molecular weight excluding hydrogens is 235 g/mol. The third kappa shape index (κ3) is 1.54. The predicted molar refractivity (Wildman–Crippen MR) is 70.3 cm³/mol. The van der Waals surface area contributed by atoms with Gasteiger partial charge < -0.3 is 0 Å². The highest BCUT2D eigenvalue weighted by Crippen LogP contribution is 2.26. The van der Waals surface area contributed by atoms with Gasteiger partial charge in [-0.25, -0.2) is 4.39 Å². The summed E-state index contributed by atoms with van der Waals surface area (Å²) in [4.78, 5) is 12.2. The van der Waals surface area contributed by atoms with Gasteiger partial charge in [-0.2, -0.15) is 0 Å². The summed E-state index contributed by atoms with van der Waals surface area (Å²) in [5, 5.41) is 0.809. The van der Waals surface area contributed by atoms with E-state index in [0.29, 0.717) is 10.1 Å². The van der Waals surface area contributed by atoms with Crippen LogP contribution in [0, 0.1) is 12.7 Å². The van der Waals surface area contributed by atoms with E-state index < -0.39 is 5.82 Å². The van der Waals surface area contributed by atoms with Crippen LogP contribution < -0.4 is 5.43 Å².